The monoisotopic (exact) mass is 321 g/mol. The van der Waals surface area contributed by atoms with Crippen LogP contribution in [0.1, 0.15) is 0 Å². The normalized spacial score (nSPS) is 5.68. The summed E-state index contributed by atoms with van der Waals surface area (Å²) in [5.41, 5.74) is 0. The van der Waals surface area contributed by atoms with Crippen LogP contribution in [0, 0.1) is 30.3 Å². The molecule has 0 saturated carbocycles. The summed E-state index contributed by atoms with van der Waals surface area (Å²) in [6, 6.07) is 0. The Morgan fingerprint density at radius 2 is 0.737 bits per heavy atom. The maximum atomic E-state index is 9.59. The van der Waals surface area contributed by atoms with Crippen molar-refractivity contribution in [1.82, 2.24) is 0 Å². The van der Waals surface area contributed by atoms with E-state index in [4.69, 9.17) is 0 Å². The summed E-state index contributed by atoms with van der Waals surface area (Å²) in [7, 11) is 0. The highest BCUT2D eigenvalue weighted by Gasteiger charge is 2.39. The molecule has 0 amide bonds. The van der Waals surface area contributed by atoms with E-state index in [9.17, 15) is 30.3 Å². The molecular formula is H12AlN3O15. The van der Waals surface area contributed by atoms with Gasteiger partial charge in [-0.1, -0.05) is 0 Å². The van der Waals surface area contributed by atoms with Crippen LogP contribution in [0.4, 0.5) is 0 Å². The summed E-state index contributed by atoms with van der Waals surface area (Å²) in [5.74, 6) is 0. The molecule has 19 heteroatoms. The average molecular weight is 321 g/mol. The second kappa shape index (κ2) is 21.2. The first-order valence-corrected chi connectivity index (χ1v) is 3.76. The van der Waals surface area contributed by atoms with Crippen molar-refractivity contribution in [3.05, 3.63) is 30.3 Å². The van der Waals surface area contributed by atoms with Gasteiger partial charge in [0.15, 0.2) is 0 Å². The molecule has 0 aliphatic heterocycles. The number of hydrogen-bond acceptors (Lipinski definition) is 9. The van der Waals surface area contributed by atoms with Crippen LogP contribution in [-0.4, -0.2) is 63.3 Å². The van der Waals surface area contributed by atoms with Gasteiger partial charge in [0, 0.05) is 0 Å². The molecule has 0 bridgehead atoms. The molecule has 0 spiro atoms. The molecule has 120 valence electrons. The van der Waals surface area contributed by atoms with Gasteiger partial charge in [-0.2, -0.15) is 0 Å². The van der Waals surface area contributed by atoms with Crippen molar-refractivity contribution in [2.45, 2.75) is 0 Å². The van der Waals surface area contributed by atoms with E-state index >= 15 is 0 Å². The molecule has 18 nitrogen and oxygen atoms in total. The molecule has 0 aromatic rings. The molecule has 0 saturated heterocycles. The van der Waals surface area contributed by atoms with Crippen LogP contribution in [0.15, 0.2) is 0 Å². The van der Waals surface area contributed by atoms with Crippen molar-refractivity contribution in [2.75, 3.05) is 0 Å². The second-order valence-electron chi connectivity index (χ2n) is 1.28. The first kappa shape index (κ1) is 43.6. The summed E-state index contributed by atoms with van der Waals surface area (Å²) in [6.07, 6.45) is 0. The molecule has 0 unspecified atom stereocenters. The minimum absolute atomic E-state index is 0. The molecule has 0 aliphatic carbocycles. The van der Waals surface area contributed by atoms with Crippen LogP contribution in [0.3, 0.4) is 0 Å². The van der Waals surface area contributed by atoms with Crippen LogP contribution in [0.2, 0.25) is 0 Å². The van der Waals surface area contributed by atoms with Crippen molar-refractivity contribution >= 4 is 15.1 Å². The summed E-state index contributed by atoms with van der Waals surface area (Å²) in [5, 5.41) is 24.3. The number of hydrogen-bond donors (Lipinski definition) is 0. The van der Waals surface area contributed by atoms with E-state index < -0.39 is 30.4 Å². The fourth-order valence-electron chi connectivity index (χ4n) is 0.269. The molecule has 0 aromatic heterocycles. The third-order valence-corrected chi connectivity index (χ3v) is 1.55. The van der Waals surface area contributed by atoms with E-state index in [1.165, 1.54) is 0 Å². The zero-order valence-corrected chi connectivity index (χ0v) is 9.75. The van der Waals surface area contributed by atoms with Crippen molar-refractivity contribution in [3.8, 4) is 0 Å². The van der Waals surface area contributed by atoms with Gasteiger partial charge in [0.1, 0.15) is 0 Å². The molecule has 0 rings (SSSR count). The molecule has 0 aromatic carbocycles. The van der Waals surface area contributed by atoms with Gasteiger partial charge < -0.3 is 44.5 Å². The molecule has 0 fully saturated rings. The van der Waals surface area contributed by atoms with Crippen LogP contribution in [0.25, 0.3) is 0 Å². The smallest absolute Gasteiger partial charge is 0.412 e. The lowest BCUT2D eigenvalue weighted by Gasteiger charge is -2.03. The maximum Gasteiger partial charge on any atom is 0.963 e. The van der Waals surface area contributed by atoms with Crippen LogP contribution in [0.5, 0.6) is 0 Å². The maximum absolute atomic E-state index is 9.59. The Balaban J connectivity index is -0.0000000480. The third-order valence-electron chi connectivity index (χ3n) is 0.516. The van der Waals surface area contributed by atoms with Crippen molar-refractivity contribution in [3.63, 3.8) is 0 Å². The quantitative estimate of drug-likeness (QED) is 0.254. The molecule has 0 aliphatic rings. The molecular weight excluding hydrogens is 309 g/mol. The van der Waals surface area contributed by atoms with E-state index in [-0.39, 0.29) is 32.9 Å². The van der Waals surface area contributed by atoms with E-state index in [2.05, 4.69) is 11.7 Å². The van der Waals surface area contributed by atoms with Gasteiger partial charge in [0.05, 0.1) is 0 Å². The van der Waals surface area contributed by atoms with Gasteiger partial charge in [0.25, 0.3) is 15.3 Å². The number of rotatable bonds is 6. The Kier molecular flexibility index (Phi) is 48.7. The minimum atomic E-state index is -4.00. The lowest BCUT2D eigenvalue weighted by molar-refractivity contribution is -0.799. The van der Waals surface area contributed by atoms with Gasteiger partial charge in [-0.25, -0.2) is 0 Å². The zero-order chi connectivity index (χ0) is 10.4. The summed E-state index contributed by atoms with van der Waals surface area (Å²) in [4.78, 5) is 28.8. The molecule has 0 radical (unpaired) electrons. The van der Waals surface area contributed by atoms with Crippen LogP contribution in [-0.2, 0) is 11.7 Å². The highest BCUT2D eigenvalue weighted by atomic mass is 27.3. The lowest BCUT2D eigenvalue weighted by atomic mass is 13.1. The average Bonchev–Trinajstić information content (AvgIpc) is 1.80. The molecule has 0 atom stereocenters. The van der Waals surface area contributed by atoms with Crippen molar-refractivity contribution in [1.29, 1.82) is 0 Å². The first-order chi connectivity index (χ1) is 5.91. The Bertz CT molecular complexity index is 187. The highest BCUT2D eigenvalue weighted by Crippen LogP contribution is 1.93. The van der Waals surface area contributed by atoms with Crippen LogP contribution < -0.4 is 0 Å². The summed E-state index contributed by atoms with van der Waals surface area (Å²) >= 11 is -4.00. The Hall–Kier alpha value is -2.11. The fraction of sp³-hybridized carbons (Fsp3) is 0. The van der Waals surface area contributed by atoms with Crippen molar-refractivity contribution in [2.24, 2.45) is 0 Å². The highest BCUT2D eigenvalue weighted by molar-refractivity contribution is 6.35. The second-order valence-corrected chi connectivity index (χ2v) is 2.49. The van der Waals surface area contributed by atoms with E-state index in [1.54, 1.807) is 0 Å². The van der Waals surface area contributed by atoms with E-state index in [1.807, 2.05) is 0 Å². The van der Waals surface area contributed by atoms with Gasteiger partial charge in [0.2, 0.25) is 0 Å². The Morgan fingerprint density at radius 3 is 0.842 bits per heavy atom. The first-order valence-electron chi connectivity index (χ1n) is 2.35. The summed E-state index contributed by atoms with van der Waals surface area (Å²) in [6.45, 7) is 0. The number of nitrogens with zero attached hydrogens (tertiary/aromatic N) is 3. The minimum Gasteiger partial charge on any atom is -0.412 e. The topological polar surface area (TPSA) is 346 Å². The van der Waals surface area contributed by atoms with E-state index in [0.717, 1.165) is 0 Å². The SMILES string of the molecule is O.O.O.O.O.O.O=[N+]([O-])[O][Al]([O][N+](=O)[O-])[O][N+](=O)[O-]. The zero-order valence-electron chi connectivity index (χ0n) is 8.59. The lowest BCUT2D eigenvalue weighted by Crippen LogP contribution is -2.33. The van der Waals surface area contributed by atoms with Crippen LogP contribution >= 0.6 is 0 Å². The van der Waals surface area contributed by atoms with Gasteiger partial charge in [-0.05, 0) is 0 Å². The molecule has 12 N–H and O–H groups in total. The van der Waals surface area contributed by atoms with Gasteiger partial charge in [-0.15, -0.1) is 30.3 Å². The van der Waals surface area contributed by atoms with Gasteiger partial charge in [-0.3, -0.25) is 0 Å². The predicted molar refractivity (Wildman–Crippen MR) is 51.7 cm³/mol. The summed E-state index contributed by atoms with van der Waals surface area (Å²) < 4.78 is 10.2. The largest absolute Gasteiger partial charge is 0.963 e. The Labute approximate surface area is 106 Å². The van der Waals surface area contributed by atoms with Crippen molar-refractivity contribution < 1.29 is 59.8 Å². The standard InChI is InChI=1S/Al.3NO3.6H2O/c;3*2-1(3)4;;;;;;/h;;;;6*1H2/q+3;3*-1;;;;;;. The Morgan fingerprint density at radius 1 is 0.579 bits per heavy atom. The van der Waals surface area contributed by atoms with Gasteiger partial charge >= 0.3 is 15.1 Å². The molecule has 19 heavy (non-hydrogen) atoms. The molecule has 0 heterocycles. The predicted octanol–water partition coefficient (Wildman–Crippen LogP) is -6.35. The van der Waals surface area contributed by atoms with E-state index in [0.29, 0.717) is 0 Å². The fourth-order valence-corrected chi connectivity index (χ4v) is 0.806. The third kappa shape index (κ3) is 31.3.